The average Bonchev–Trinajstić information content (AvgIpc) is 2.87. The maximum absolute atomic E-state index is 10.6. The molecule has 2 aliphatic rings. The van der Waals surface area contributed by atoms with Gasteiger partial charge in [0.15, 0.2) is 0 Å². The Hall–Kier alpha value is -2.29. The van der Waals surface area contributed by atoms with Crippen molar-refractivity contribution in [2.75, 3.05) is 7.11 Å². The predicted molar refractivity (Wildman–Crippen MR) is 56.3 cm³/mol. The van der Waals surface area contributed by atoms with Gasteiger partial charge in [0.2, 0.25) is 0 Å². The molecule has 2 rings (SSSR count). The Kier molecular flexibility index (Phi) is 5.12. The first-order valence-electron chi connectivity index (χ1n) is 5.37. The third-order valence-corrected chi connectivity index (χ3v) is 2.34. The number of rotatable bonds is 3. The summed E-state index contributed by atoms with van der Waals surface area (Å²) in [6, 6.07) is 0. The highest BCUT2D eigenvalue weighted by molar-refractivity contribution is 6.01. The Morgan fingerprint density at radius 3 is 1.47 bits per heavy atom. The van der Waals surface area contributed by atoms with Gasteiger partial charge in [-0.05, 0) is 0 Å². The number of carbonyl (C=O) groups is 5. The number of amides is 4. The van der Waals surface area contributed by atoms with Gasteiger partial charge in [-0.15, -0.1) is 5.06 Å². The predicted octanol–water partition coefficient (Wildman–Crippen LogP) is -1.08. The van der Waals surface area contributed by atoms with Gasteiger partial charge in [0.05, 0.1) is 7.11 Å². The summed E-state index contributed by atoms with van der Waals surface area (Å²) in [5, 5.41) is 1.27. The van der Waals surface area contributed by atoms with Crippen LogP contribution >= 0.6 is 0 Å². The second-order valence-corrected chi connectivity index (χ2v) is 3.55. The van der Waals surface area contributed by atoms with Crippen LogP contribution in [0.15, 0.2) is 0 Å². The van der Waals surface area contributed by atoms with E-state index in [1.54, 1.807) is 0 Å². The molecular formula is C10H12N2O7. The van der Waals surface area contributed by atoms with Crippen molar-refractivity contribution < 1.29 is 33.6 Å². The molecule has 4 amide bonds. The smallest absolute Gasteiger partial charge is 0.321 e. The van der Waals surface area contributed by atoms with Crippen molar-refractivity contribution in [3.8, 4) is 0 Å². The lowest BCUT2D eigenvalue weighted by atomic mass is 10.4. The van der Waals surface area contributed by atoms with E-state index in [1.807, 2.05) is 0 Å². The largest absolute Gasteiger partial charge is 0.334 e. The van der Waals surface area contributed by atoms with Crippen molar-refractivity contribution in [3.05, 3.63) is 0 Å². The lowest BCUT2D eigenvalue weighted by molar-refractivity contribution is -0.188. The molecule has 0 saturated carbocycles. The molecule has 0 bridgehead atoms. The summed E-state index contributed by atoms with van der Waals surface area (Å²) in [7, 11) is 1.31. The normalized spacial score (nSPS) is 18.6. The van der Waals surface area contributed by atoms with Gasteiger partial charge in [-0.25, -0.2) is 0 Å². The fraction of sp³-hybridized carbons (Fsp3) is 0.500. The van der Waals surface area contributed by atoms with Crippen LogP contribution in [0.1, 0.15) is 25.7 Å². The third-order valence-electron chi connectivity index (χ3n) is 2.34. The van der Waals surface area contributed by atoms with Crippen LogP contribution in [0.25, 0.3) is 0 Å². The van der Waals surface area contributed by atoms with Crippen molar-refractivity contribution in [1.29, 1.82) is 0 Å². The fourth-order valence-electron chi connectivity index (χ4n) is 1.48. The molecule has 0 aromatic carbocycles. The van der Waals surface area contributed by atoms with E-state index < -0.39 is 11.8 Å². The summed E-state index contributed by atoms with van der Waals surface area (Å²) in [6.45, 7) is 0.0567. The lowest BCUT2D eigenvalue weighted by Crippen LogP contribution is -2.28. The van der Waals surface area contributed by atoms with Crippen LogP contribution in [-0.4, -0.2) is 47.3 Å². The first-order chi connectivity index (χ1) is 9.01. The number of hydrogen-bond acceptors (Lipinski definition) is 7. The third kappa shape index (κ3) is 3.58. The molecule has 2 fully saturated rings. The highest BCUT2D eigenvalue weighted by Gasteiger charge is 2.30. The maximum Gasteiger partial charge on any atom is 0.321 e. The molecule has 19 heavy (non-hydrogen) atoms. The summed E-state index contributed by atoms with van der Waals surface area (Å²) >= 11 is 0. The maximum atomic E-state index is 10.6. The van der Waals surface area contributed by atoms with E-state index in [9.17, 15) is 24.0 Å². The van der Waals surface area contributed by atoms with Crippen LogP contribution in [0, 0.1) is 0 Å². The Labute approximate surface area is 107 Å². The quantitative estimate of drug-likeness (QED) is 0.474. The number of nitrogens with zero attached hydrogens (tertiary/aromatic N) is 2. The van der Waals surface area contributed by atoms with Crippen LogP contribution in [0.2, 0.25) is 0 Å². The van der Waals surface area contributed by atoms with Gasteiger partial charge >= 0.3 is 6.47 Å². The standard InChI is InChI=1S/C5H5NO4.C5H7NO3/c7-3-10-6-4(8)1-2-5(6)9;1-9-6-4(7)2-3-5(6)8/h3H,1-2H2;2-3H2,1H3. The van der Waals surface area contributed by atoms with Gasteiger partial charge in [-0.1, -0.05) is 0 Å². The molecule has 9 heteroatoms. The topological polar surface area (TPSA) is 110 Å². The molecule has 2 saturated heterocycles. The van der Waals surface area contributed by atoms with Gasteiger partial charge in [-0.3, -0.25) is 28.8 Å². The molecule has 0 atom stereocenters. The van der Waals surface area contributed by atoms with E-state index >= 15 is 0 Å². The molecule has 2 heterocycles. The van der Waals surface area contributed by atoms with Crippen molar-refractivity contribution >= 4 is 30.1 Å². The summed E-state index contributed by atoms with van der Waals surface area (Å²) in [5.74, 6) is -1.42. The van der Waals surface area contributed by atoms with E-state index in [0.29, 0.717) is 5.06 Å². The van der Waals surface area contributed by atoms with E-state index in [4.69, 9.17) is 0 Å². The fourth-order valence-corrected chi connectivity index (χ4v) is 1.48. The molecule has 0 radical (unpaired) electrons. The Morgan fingerprint density at radius 1 is 0.842 bits per heavy atom. The zero-order valence-corrected chi connectivity index (χ0v) is 10.2. The minimum absolute atomic E-state index is 0.0567. The Morgan fingerprint density at radius 2 is 1.21 bits per heavy atom. The molecule has 2 aliphatic heterocycles. The molecule has 0 N–H and O–H groups in total. The van der Waals surface area contributed by atoms with Gasteiger partial charge in [0.25, 0.3) is 23.6 Å². The first kappa shape index (κ1) is 14.8. The van der Waals surface area contributed by atoms with E-state index in [-0.39, 0.29) is 44.0 Å². The minimum Gasteiger partial charge on any atom is -0.334 e. The van der Waals surface area contributed by atoms with Gasteiger partial charge in [0, 0.05) is 25.7 Å². The van der Waals surface area contributed by atoms with Crippen LogP contribution in [0.5, 0.6) is 0 Å². The van der Waals surface area contributed by atoms with Gasteiger partial charge in [-0.2, -0.15) is 5.06 Å². The second-order valence-electron chi connectivity index (χ2n) is 3.55. The summed E-state index contributed by atoms with van der Waals surface area (Å²) in [4.78, 5) is 60.6. The van der Waals surface area contributed by atoms with Crippen molar-refractivity contribution in [3.63, 3.8) is 0 Å². The van der Waals surface area contributed by atoms with E-state index in [2.05, 4.69) is 9.68 Å². The molecule has 0 unspecified atom stereocenters. The molecule has 104 valence electrons. The number of imide groups is 2. The molecule has 0 aliphatic carbocycles. The van der Waals surface area contributed by atoms with E-state index in [0.717, 1.165) is 5.06 Å². The molecule has 0 aromatic heterocycles. The molecule has 9 nitrogen and oxygen atoms in total. The number of hydroxylamine groups is 4. The highest BCUT2D eigenvalue weighted by Crippen LogP contribution is 2.10. The second kappa shape index (κ2) is 6.59. The first-order valence-corrected chi connectivity index (χ1v) is 5.37. The van der Waals surface area contributed by atoms with Gasteiger partial charge in [0.1, 0.15) is 0 Å². The highest BCUT2D eigenvalue weighted by atomic mass is 16.7. The average molecular weight is 272 g/mol. The summed E-state index contributed by atoms with van der Waals surface area (Å²) in [6.07, 6.45) is 0.832. The lowest BCUT2D eigenvalue weighted by Gasteiger charge is -2.07. The number of carbonyl (C=O) groups excluding carboxylic acids is 5. The zero-order valence-electron chi connectivity index (χ0n) is 10.2. The molecule has 0 aromatic rings. The van der Waals surface area contributed by atoms with Crippen LogP contribution in [0.3, 0.4) is 0 Å². The monoisotopic (exact) mass is 272 g/mol. The summed E-state index contributed by atoms with van der Waals surface area (Å²) < 4.78 is 0. The van der Waals surface area contributed by atoms with Crippen LogP contribution in [0.4, 0.5) is 0 Å². The molecular weight excluding hydrogens is 260 g/mol. The summed E-state index contributed by atoms with van der Waals surface area (Å²) in [5.41, 5.74) is 0. The van der Waals surface area contributed by atoms with E-state index in [1.165, 1.54) is 7.11 Å². The van der Waals surface area contributed by atoms with Crippen molar-refractivity contribution in [2.45, 2.75) is 25.7 Å². The zero-order chi connectivity index (χ0) is 14.4. The van der Waals surface area contributed by atoms with Crippen molar-refractivity contribution in [1.82, 2.24) is 10.1 Å². The van der Waals surface area contributed by atoms with Gasteiger partial charge < -0.3 is 4.84 Å². The SMILES string of the molecule is CON1C(=O)CCC1=O.O=CON1C(=O)CCC1=O. The van der Waals surface area contributed by atoms with Crippen LogP contribution < -0.4 is 0 Å². The Balaban J connectivity index is 0.000000191. The molecule has 0 spiro atoms. The van der Waals surface area contributed by atoms with Crippen molar-refractivity contribution in [2.24, 2.45) is 0 Å². The minimum atomic E-state index is -0.461. The number of hydrogen-bond donors (Lipinski definition) is 0. The van der Waals surface area contributed by atoms with Crippen LogP contribution in [-0.2, 0) is 33.6 Å². The Bertz CT molecular complexity index is 388.